The second-order valence-corrected chi connectivity index (χ2v) is 9.33. The number of rotatable bonds is 5. The molecule has 0 atom stereocenters. The fourth-order valence-electron chi connectivity index (χ4n) is 4.38. The number of thiazole rings is 1. The van der Waals surface area contributed by atoms with Crippen LogP contribution in [0.5, 0.6) is 0 Å². The zero-order valence-electron chi connectivity index (χ0n) is 18.6. The summed E-state index contributed by atoms with van der Waals surface area (Å²) >= 11 is 1.63. The van der Waals surface area contributed by atoms with E-state index in [2.05, 4.69) is 56.2 Å². The minimum atomic E-state index is 0.717. The lowest BCUT2D eigenvalue weighted by molar-refractivity contribution is 0.686. The van der Waals surface area contributed by atoms with Gasteiger partial charge in [-0.1, -0.05) is 24.3 Å². The van der Waals surface area contributed by atoms with E-state index in [1.807, 2.05) is 36.4 Å². The minimum Gasteiger partial charge on any atom is -0.339 e. The van der Waals surface area contributed by atoms with Gasteiger partial charge in [0.05, 0.1) is 11.4 Å². The maximum atomic E-state index is 4.81. The van der Waals surface area contributed by atoms with Crippen molar-refractivity contribution < 1.29 is 0 Å². The maximum absolute atomic E-state index is 4.81. The normalized spacial score (nSPS) is 12.8. The zero-order chi connectivity index (χ0) is 22.7. The van der Waals surface area contributed by atoms with Gasteiger partial charge in [0.25, 0.3) is 0 Å². The Morgan fingerprint density at radius 3 is 2.41 bits per heavy atom. The molecule has 0 amide bonds. The molecule has 34 heavy (non-hydrogen) atoms. The highest BCUT2D eigenvalue weighted by molar-refractivity contribution is 7.13. The predicted molar refractivity (Wildman–Crippen MR) is 138 cm³/mol. The van der Waals surface area contributed by atoms with E-state index in [-0.39, 0.29) is 0 Å². The van der Waals surface area contributed by atoms with Gasteiger partial charge in [-0.05, 0) is 79.3 Å². The summed E-state index contributed by atoms with van der Waals surface area (Å²) in [6.45, 7) is 0. The molecule has 0 bridgehead atoms. The molecule has 1 N–H and O–H groups in total. The van der Waals surface area contributed by atoms with E-state index in [1.165, 1.54) is 30.4 Å². The number of hydrogen-bond donors (Lipinski definition) is 1. The third kappa shape index (κ3) is 4.32. The first-order valence-corrected chi connectivity index (χ1v) is 12.4. The Kier molecular flexibility index (Phi) is 5.57. The number of fused-ring (bicyclic) bond motifs is 1. The van der Waals surface area contributed by atoms with E-state index in [0.29, 0.717) is 0 Å². The van der Waals surface area contributed by atoms with Crippen LogP contribution in [0.1, 0.15) is 24.0 Å². The van der Waals surface area contributed by atoms with Crippen LogP contribution in [-0.2, 0) is 12.8 Å². The van der Waals surface area contributed by atoms with Gasteiger partial charge >= 0.3 is 0 Å². The van der Waals surface area contributed by atoms with Gasteiger partial charge in [-0.25, -0.2) is 4.98 Å². The lowest BCUT2D eigenvalue weighted by atomic mass is 9.90. The van der Waals surface area contributed by atoms with Crippen molar-refractivity contribution in [2.24, 2.45) is 0 Å². The first kappa shape index (κ1) is 20.7. The van der Waals surface area contributed by atoms with Gasteiger partial charge in [0.15, 0.2) is 5.82 Å². The molecule has 0 unspecified atom stereocenters. The summed E-state index contributed by atoms with van der Waals surface area (Å²) in [4.78, 5) is 8.89. The van der Waals surface area contributed by atoms with Crippen LogP contribution >= 0.6 is 11.3 Å². The average molecular weight is 462 g/mol. The Morgan fingerprint density at radius 1 is 0.706 bits per heavy atom. The van der Waals surface area contributed by atoms with E-state index in [9.17, 15) is 0 Å². The topological polar surface area (TPSA) is 63.6 Å². The van der Waals surface area contributed by atoms with Crippen LogP contribution in [0.15, 0.2) is 84.5 Å². The molecule has 3 aromatic heterocycles. The lowest BCUT2D eigenvalue weighted by Gasteiger charge is -2.16. The molecule has 5 aromatic rings. The van der Waals surface area contributed by atoms with Crippen molar-refractivity contribution >= 4 is 22.8 Å². The first-order valence-electron chi connectivity index (χ1n) is 11.5. The van der Waals surface area contributed by atoms with E-state index < -0.39 is 0 Å². The highest BCUT2D eigenvalue weighted by Crippen LogP contribution is 2.31. The fraction of sp³-hybridized carbons (Fsp3) is 0.143. The standard InChI is InChI=1S/C28H23N5S/c1-2-5-21-16-23(9-8-19(21)4-1)25-10-11-27(33-32-25)30-24-7-3-6-22(17-24)26-18-34-28(31-26)20-12-14-29-15-13-20/h3,6-18H,1-2,4-5H2,(H,30,33). The van der Waals surface area contributed by atoms with Crippen molar-refractivity contribution in [3.63, 3.8) is 0 Å². The van der Waals surface area contributed by atoms with Crippen LogP contribution in [0.2, 0.25) is 0 Å². The molecule has 0 aliphatic heterocycles. The lowest BCUT2D eigenvalue weighted by Crippen LogP contribution is -2.02. The summed E-state index contributed by atoms with van der Waals surface area (Å²) < 4.78 is 0. The minimum absolute atomic E-state index is 0.717. The Bertz CT molecular complexity index is 1430. The number of nitrogens with zero attached hydrogens (tertiary/aromatic N) is 4. The summed E-state index contributed by atoms with van der Waals surface area (Å²) in [5, 5.41) is 15.4. The molecule has 1 aliphatic carbocycles. The van der Waals surface area contributed by atoms with E-state index in [1.54, 1.807) is 23.7 Å². The third-order valence-electron chi connectivity index (χ3n) is 6.17. The van der Waals surface area contributed by atoms with Crippen molar-refractivity contribution in [1.29, 1.82) is 0 Å². The van der Waals surface area contributed by atoms with E-state index >= 15 is 0 Å². The van der Waals surface area contributed by atoms with Gasteiger partial charge in [-0.3, -0.25) is 4.98 Å². The van der Waals surface area contributed by atoms with Crippen LogP contribution in [0, 0.1) is 0 Å². The molecule has 6 heteroatoms. The molecular formula is C28H23N5S. The molecule has 0 saturated carbocycles. The first-order chi connectivity index (χ1) is 16.8. The molecule has 0 saturated heterocycles. The molecule has 6 rings (SSSR count). The molecule has 2 aromatic carbocycles. The number of aromatic nitrogens is 4. The van der Waals surface area contributed by atoms with Crippen LogP contribution < -0.4 is 5.32 Å². The summed E-state index contributed by atoms with van der Waals surface area (Å²) in [6, 6.07) is 22.9. The quantitative estimate of drug-likeness (QED) is 0.307. The molecule has 5 nitrogen and oxygen atoms in total. The molecule has 0 fully saturated rings. The smallest absolute Gasteiger partial charge is 0.153 e. The summed E-state index contributed by atoms with van der Waals surface area (Å²) in [6.07, 6.45) is 8.50. The molecular weight excluding hydrogens is 438 g/mol. The Balaban J connectivity index is 1.19. The second kappa shape index (κ2) is 9.15. The number of nitrogens with one attached hydrogen (secondary N) is 1. The highest BCUT2D eigenvalue weighted by Gasteiger charge is 2.11. The number of aryl methyl sites for hydroxylation is 2. The molecule has 0 radical (unpaired) electrons. The summed E-state index contributed by atoms with van der Waals surface area (Å²) in [5.74, 6) is 0.717. The molecule has 0 spiro atoms. The van der Waals surface area contributed by atoms with Gasteiger partial charge in [0.1, 0.15) is 5.01 Å². The van der Waals surface area contributed by atoms with E-state index in [0.717, 1.165) is 51.0 Å². The van der Waals surface area contributed by atoms with Crippen LogP contribution in [0.25, 0.3) is 33.1 Å². The monoisotopic (exact) mass is 461 g/mol. The molecule has 166 valence electrons. The number of hydrogen-bond acceptors (Lipinski definition) is 6. The largest absolute Gasteiger partial charge is 0.339 e. The number of anilines is 2. The van der Waals surface area contributed by atoms with Crippen molar-refractivity contribution in [2.75, 3.05) is 5.32 Å². The van der Waals surface area contributed by atoms with E-state index in [4.69, 9.17) is 4.98 Å². The fourth-order valence-corrected chi connectivity index (χ4v) is 5.22. The van der Waals surface area contributed by atoms with Crippen molar-refractivity contribution in [1.82, 2.24) is 20.2 Å². The third-order valence-corrected chi connectivity index (χ3v) is 7.06. The molecule has 1 aliphatic rings. The maximum Gasteiger partial charge on any atom is 0.153 e. The molecule has 3 heterocycles. The zero-order valence-corrected chi connectivity index (χ0v) is 19.4. The van der Waals surface area contributed by atoms with Crippen LogP contribution in [-0.4, -0.2) is 20.2 Å². The SMILES string of the molecule is c1cc(Nc2ccc(-c3ccc4c(c3)CCCC4)nn2)cc(-c2csc(-c3ccncc3)n2)c1. The number of benzene rings is 2. The van der Waals surface area contributed by atoms with Gasteiger partial charge < -0.3 is 5.32 Å². The van der Waals surface area contributed by atoms with Crippen LogP contribution in [0.3, 0.4) is 0 Å². The van der Waals surface area contributed by atoms with Gasteiger partial charge in [0, 0.05) is 40.2 Å². The van der Waals surface area contributed by atoms with Gasteiger partial charge in [-0.15, -0.1) is 21.5 Å². The van der Waals surface area contributed by atoms with Crippen molar-refractivity contribution in [3.8, 4) is 33.1 Å². The van der Waals surface area contributed by atoms with Gasteiger partial charge in [-0.2, -0.15) is 0 Å². The number of pyridine rings is 1. The van der Waals surface area contributed by atoms with Gasteiger partial charge in [0.2, 0.25) is 0 Å². The van der Waals surface area contributed by atoms with Crippen LogP contribution in [0.4, 0.5) is 11.5 Å². The van der Waals surface area contributed by atoms with Crippen molar-refractivity contribution in [3.05, 3.63) is 95.6 Å². The Hall–Kier alpha value is -3.90. The second-order valence-electron chi connectivity index (χ2n) is 8.47. The van der Waals surface area contributed by atoms with Crippen molar-refractivity contribution in [2.45, 2.75) is 25.7 Å². The predicted octanol–water partition coefficient (Wildman–Crippen LogP) is 6.95. The highest BCUT2D eigenvalue weighted by atomic mass is 32.1. The average Bonchev–Trinajstić information content (AvgIpc) is 3.40. The summed E-state index contributed by atoms with van der Waals surface area (Å²) in [5.41, 5.74) is 9.01. The Morgan fingerprint density at radius 2 is 1.56 bits per heavy atom. The Labute approximate surface area is 202 Å². The summed E-state index contributed by atoms with van der Waals surface area (Å²) in [7, 11) is 0.